The lowest BCUT2D eigenvalue weighted by Gasteiger charge is -2.22. The summed E-state index contributed by atoms with van der Waals surface area (Å²) in [4.78, 5) is 37.5. The molecule has 1 aromatic heterocycles. The first kappa shape index (κ1) is 21.5. The van der Waals surface area contributed by atoms with Gasteiger partial charge in [0.25, 0.3) is 5.56 Å². The lowest BCUT2D eigenvalue weighted by atomic mass is 10.1. The molecule has 3 rings (SSSR count). The van der Waals surface area contributed by atoms with Crippen LogP contribution < -0.4 is 10.9 Å². The molecular formula is C21H21N3O5S. The van der Waals surface area contributed by atoms with Crippen LogP contribution in [0.1, 0.15) is 53.9 Å². The van der Waals surface area contributed by atoms with Crippen molar-refractivity contribution in [3.63, 3.8) is 0 Å². The molecular weight excluding hydrogens is 406 g/mol. The minimum atomic E-state index is -1.15. The van der Waals surface area contributed by atoms with E-state index in [2.05, 4.69) is 5.32 Å². The molecule has 1 aromatic carbocycles. The van der Waals surface area contributed by atoms with Gasteiger partial charge >= 0.3 is 12.1 Å². The summed E-state index contributed by atoms with van der Waals surface area (Å²) in [6, 6.07) is 8.06. The molecule has 1 aliphatic heterocycles. The summed E-state index contributed by atoms with van der Waals surface area (Å²) < 4.78 is 6.59. The molecule has 0 saturated carbocycles. The number of benzene rings is 1. The van der Waals surface area contributed by atoms with Gasteiger partial charge in [0.15, 0.2) is 0 Å². The fourth-order valence-electron chi connectivity index (χ4n) is 3.10. The van der Waals surface area contributed by atoms with Crippen molar-refractivity contribution in [2.75, 3.05) is 5.75 Å². The zero-order chi connectivity index (χ0) is 22.1. The maximum Gasteiger partial charge on any atom is 0.408 e. The van der Waals surface area contributed by atoms with Crippen molar-refractivity contribution in [3.8, 4) is 6.07 Å². The second-order valence-corrected chi connectivity index (χ2v) is 8.87. The molecule has 0 aliphatic carbocycles. The van der Waals surface area contributed by atoms with Crippen LogP contribution in [0.3, 0.4) is 0 Å². The van der Waals surface area contributed by atoms with Crippen molar-refractivity contribution in [1.82, 2.24) is 9.88 Å². The molecule has 2 heterocycles. The summed E-state index contributed by atoms with van der Waals surface area (Å²) in [5.41, 5.74) is 0.428. The van der Waals surface area contributed by atoms with Gasteiger partial charge in [0.1, 0.15) is 5.60 Å². The highest BCUT2D eigenvalue weighted by Gasteiger charge is 2.34. The largest absolute Gasteiger partial charge is 0.478 e. The molecule has 0 saturated heterocycles. The molecule has 0 fully saturated rings. The number of ether oxygens (including phenoxy) is 1. The van der Waals surface area contributed by atoms with Crippen LogP contribution in [0, 0.1) is 11.3 Å². The van der Waals surface area contributed by atoms with Gasteiger partial charge in [-0.05, 0) is 38.5 Å². The highest BCUT2D eigenvalue weighted by atomic mass is 32.2. The van der Waals surface area contributed by atoms with Gasteiger partial charge in [-0.1, -0.05) is 12.1 Å². The summed E-state index contributed by atoms with van der Waals surface area (Å²) in [5.74, 6) is -0.810. The van der Waals surface area contributed by atoms with Crippen LogP contribution in [0.25, 0.3) is 0 Å². The van der Waals surface area contributed by atoms with Crippen molar-refractivity contribution in [2.24, 2.45) is 0 Å². The van der Waals surface area contributed by atoms with Gasteiger partial charge in [-0.3, -0.25) is 4.79 Å². The molecule has 30 heavy (non-hydrogen) atoms. The van der Waals surface area contributed by atoms with Crippen LogP contribution in [0.2, 0.25) is 0 Å². The summed E-state index contributed by atoms with van der Waals surface area (Å²) in [7, 11) is 0. The average Bonchev–Trinajstić information content (AvgIpc) is 3.06. The zero-order valence-electron chi connectivity index (χ0n) is 16.8. The van der Waals surface area contributed by atoms with E-state index in [1.807, 2.05) is 6.07 Å². The summed E-state index contributed by atoms with van der Waals surface area (Å²) in [5, 5.41) is 21.2. The van der Waals surface area contributed by atoms with Crippen molar-refractivity contribution in [2.45, 2.75) is 43.9 Å². The standard InChI is InChI=1S/C21H21N3O5S/c1-21(2,3)29-20(28)23-15-11-30-17-14(19(26)27)10-24(18(25)16(15)17)9-13-6-4-12(8-22)5-7-13/h4-7,10,15H,9,11H2,1-3H3,(H,23,28)(H,26,27)/t15-/m0/s1. The third kappa shape index (κ3) is 4.66. The van der Waals surface area contributed by atoms with E-state index in [1.165, 1.54) is 22.5 Å². The lowest BCUT2D eigenvalue weighted by molar-refractivity contribution is 0.0508. The number of alkyl carbamates (subject to hydrolysis) is 1. The first-order valence-electron chi connectivity index (χ1n) is 9.21. The molecule has 0 spiro atoms. The van der Waals surface area contributed by atoms with Gasteiger partial charge in [0.05, 0.1) is 35.3 Å². The third-order valence-corrected chi connectivity index (χ3v) is 5.59. The Morgan fingerprint density at radius 2 is 2.00 bits per heavy atom. The SMILES string of the molecule is CC(C)(C)OC(=O)N[C@H]1CSc2c(C(=O)O)cn(Cc3ccc(C#N)cc3)c(=O)c21. The van der Waals surface area contributed by atoms with Crippen molar-refractivity contribution in [1.29, 1.82) is 5.26 Å². The van der Waals surface area contributed by atoms with E-state index in [4.69, 9.17) is 10.00 Å². The second-order valence-electron chi connectivity index (χ2n) is 7.84. The van der Waals surface area contributed by atoms with Crippen LogP contribution in [0.15, 0.2) is 40.2 Å². The van der Waals surface area contributed by atoms with Gasteiger partial charge in [-0.2, -0.15) is 5.26 Å². The number of pyridine rings is 1. The molecule has 9 heteroatoms. The molecule has 156 valence electrons. The van der Waals surface area contributed by atoms with Gasteiger partial charge in [-0.15, -0.1) is 11.8 Å². The number of carboxylic acids is 1. The number of nitrogens with zero attached hydrogens (tertiary/aromatic N) is 2. The Morgan fingerprint density at radius 3 is 2.57 bits per heavy atom. The number of rotatable bonds is 4. The number of aromatic nitrogens is 1. The number of fused-ring (bicyclic) bond motifs is 1. The summed E-state index contributed by atoms with van der Waals surface area (Å²) >= 11 is 1.22. The van der Waals surface area contributed by atoms with E-state index in [-0.39, 0.29) is 23.2 Å². The van der Waals surface area contributed by atoms with Gasteiger partial charge in [0.2, 0.25) is 0 Å². The molecule has 1 aliphatic rings. The number of hydrogen-bond donors (Lipinski definition) is 2. The van der Waals surface area contributed by atoms with Gasteiger partial charge in [-0.25, -0.2) is 9.59 Å². The first-order chi connectivity index (χ1) is 14.1. The molecule has 2 N–H and O–H groups in total. The topological polar surface area (TPSA) is 121 Å². The fourth-order valence-corrected chi connectivity index (χ4v) is 4.36. The molecule has 8 nitrogen and oxygen atoms in total. The molecule has 1 atom stereocenters. The first-order valence-corrected chi connectivity index (χ1v) is 10.2. The highest BCUT2D eigenvalue weighted by molar-refractivity contribution is 7.99. The Kier molecular flexibility index (Phi) is 5.89. The maximum absolute atomic E-state index is 13.2. The number of amides is 1. The average molecular weight is 427 g/mol. The number of hydrogen-bond acceptors (Lipinski definition) is 6. The number of thioether (sulfide) groups is 1. The number of nitriles is 1. The normalized spacial score (nSPS) is 15.2. The molecule has 2 aromatic rings. The Morgan fingerprint density at radius 1 is 1.33 bits per heavy atom. The van der Waals surface area contributed by atoms with E-state index >= 15 is 0 Å². The van der Waals surface area contributed by atoms with Gasteiger partial charge in [0, 0.05) is 16.8 Å². The minimum absolute atomic E-state index is 0.0109. The predicted octanol–water partition coefficient (Wildman–Crippen LogP) is 3.14. The molecule has 0 radical (unpaired) electrons. The monoisotopic (exact) mass is 427 g/mol. The molecule has 0 unspecified atom stereocenters. The van der Waals surface area contributed by atoms with E-state index < -0.39 is 23.7 Å². The third-order valence-electron chi connectivity index (χ3n) is 4.37. The van der Waals surface area contributed by atoms with Crippen LogP contribution in [-0.4, -0.2) is 33.1 Å². The van der Waals surface area contributed by atoms with Crippen LogP contribution in [0.5, 0.6) is 0 Å². The van der Waals surface area contributed by atoms with E-state index in [9.17, 15) is 19.5 Å². The van der Waals surface area contributed by atoms with Crippen molar-refractivity contribution < 1.29 is 19.4 Å². The number of carbonyl (C=O) groups excluding carboxylic acids is 1. The second kappa shape index (κ2) is 8.24. The van der Waals surface area contributed by atoms with E-state index in [0.29, 0.717) is 16.2 Å². The van der Waals surface area contributed by atoms with E-state index in [0.717, 1.165) is 5.56 Å². The Hall–Kier alpha value is -3.25. The van der Waals surface area contributed by atoms with Gasteiger partial charge < -0.3 is 19.7 Å². The zero-order valence-corrected chi connectivity index (χ0v) is 17.6. The number of carboxylic acid groups (broad SMARTS) is 1. The number of carbonyl (C=O) groups is 2. The number of nitrogens with one attached hydrogen (secondary N) is 1. The Balaban J connectivity index is 1.98. The quantitative estimate of drug-likeness (QED) is 0.769. The molecule has 1 amide bonds. The Bertz CT molecular complexity index is 1090. The smallest absolute Gasteiger partial charge is 0.408 e. The maximum atomic E-state index is 13.2. The Labute approximate surface area is 177 Å². The summed E-state index contributed by atoms with van der Waals surface area (Å²) in [6.07, 6.45) is 0.657. The van der Waals surface area contributed by atoms with Crippen LogP contribution >= 0.6 is 11.8 Å². The predicted molar refractivity (Wildman–Crippen MR) is 111 cm³/mol. The highest BCUT2D eigenvalue weighted by Crippen LogP contribution is 2.38. The van der Waals surface area contributed by atoms with Crippen LogP contribution in [0.4, 0.5) is 4.79 Å². The van der Waals surface area contributed by atoms with Crippen LogP contribution in [-0.2, 0) is 11.3 Å². The summed E-state index contributed by atoms with van der Waals surface area (Å²) in [6.45, 7) is 5.34. The van der Waals surface area contributed by atoms with Crippen molar-refractivity contribution >= 4 is 23.8 Å². The van der Waals surface area contributed by atoms with Crippen molar-refractivity contribution in [3.05, 3.63) is 63.1 Å². The molecule has 0 bridgehead atoms. The minimum Gasteiger partial charge on any atom is -0.478 e. The van der Waals surface area contributed by atoms with E-state index in [1.54, 1.807) is 45.0 Å². The fraction of sp³-hybridized carbons (Fsp3) is 0.333. The lowest BCUT2D eigenvalue weighted by Crippen LogP contribution is -2.38. The number of aromatic carboxylic acids is 1.